The molecule has 11 heavy (non-hydrogen) atoms. The van der Waals surface area contributed by atoms with Crippen LogP contribution in [-0.4, -0.2) is 26.3 Å². The highest BCUT2D eigenvalue weighted by Crippen LogP contribution is 2.11. The third-order valence-electron chi connectivity index (χ3n) is 2.31. The summed E-state index contributed by atoms with van der Waals surface area (Å²) in [5.74, 6) is 0. The summed E-state index contributed by atoms with van der Waals surface area (Å²) >= 11 is 0. The molecule has 0 aromatic rings. The zero-order valence-electron chi connectivity index (χ0n) is 7.44. The fourth-order valence-electron chi connectivity index (χ4n) is 1.64. The third kappa shape index (κ3) is 3.73. The maximum Gasteiger partial charge on any atom is 0.0462 e. The van der Waals surface area contributed by atoms with Crippen molar-refractivity contribution in [2.75, 3.05) is 20.3 Å². The minimum absolute atomic E-state index is 0.777. The Hall–Kier alpha value is -0.0800. The molecule has 0 saturated carbocycles. The Morgan fingerprint density at radius 2 is 2.36 bits per heavy atom. The molecule has 0 bridgehead atoms. The maximum absolute atomic E-state index is 5.01. The number of rotatable bonds is 4. The van der Waals surface area contributed by atoms with Crippen molar-refractivity contribution in [3.63, 3.8) is 0 Å². The Kier molecular flexibility index (Phi) is 4.55. The van der Waals surface area contributed by atoms with Crippen molar-refractivity contribution in [2.45, 2.75) is 38.1 Å². The molecule has 1 N–H and O–H groups in total. The van der Waals surface area contributed by atoms with Gasteiger partial charge < -0.3 is 10.1 Å². The molecule has 1 rings (SSSR count). The molecule has 2 heteroatoms. The van der Waals surface area contributed by atoms with Crippen molar-refractivity contribution in [1.29, 1.82) is 0 Å². The first-order valence-corrected chi connectivity index (χ1v) is 4.66. The summed E-state index contributed by atoms with van der Waals surface area (Å²) in [6.45, 7) is 2.13. The van der Waals surface area contributed by atoms with E-state index in [1.54, 1.807) is 7.11 Å². The highest BCUT2D eigenvalue weighted by molar-refractivity contribution is 4.71. The minimum Gasteiger partial charge on any atom is -0.385 e. The van der Waals surface area contributed by atoms with Crippen molar-refractivity contribution in [2.24, 2.45) is 0 Å². The predicted molar refractivity (Wildman–Crippen MR) is 46.8 cm³/mol. The van der Waals surface area contributed by atoms with Crippen LogP contribution in [0.15, 0.2) is 0 Å². The van der Waals surface area contributed by atoms with Crippen LogP contribution in [0.1, 0.15) is 32.1 Å². The molecule has 2 nitrogen and oxygen atoms in total. The van der Waals surface area contributed by atoms with Gasteiger partial charge in [0, 0.05) is 19.8 Å². The van der Waals surface area contributed by atoms with Crippen LogP contribution in [0.5, 0.6) is 0 Å². The molecule has 66 valence electrons. The summed E-state index contributed by atoms with van der Waals surface area (Å²) in [5.41, 5.74) is 0. The monoisotopic (exact) mass is 157 g/mol. The lowest BCUT2D eigenvalue weighted by Gasteiger charge is -2.22. The molecule has 0 radical (unpaired) electrons. The smallest absolute Gasteiger partial charge is 0.0462 e. The second-order valence-electron chi connectivity index (χ2n) is 3.28. The first kappa shape index (κ1) is 9.01. The molecule has 0 amide bonds. The lowest BCUT2D eigenvalue weighted by atomic mass is 10.0. The maximum atomic E-state index is 5.01. The van der Waals surface area contributed by atoms with Crippen LogP contribution >= 0.6 is 0 Å². The molecule has 0 spiro atoms. The van der Waals surface area contributed by atoms with Crippen molar-refractivity contribution in [1.82, 2.24) is 5.32 Å². The van der Waals surface area contributed by atoms with E-state index in [-0.39, 0.29) is 0 Å². The average Bonchev–Trinajstić information content (AvgIpc) is 2.07. The molecular formula is C9H19NO. The average molecular weight is 157 g/mol. The molecule has 1 aliphatic heterocycles. The Bertz CT molecular complexity index is 89.6. The Labute approximate surface area is 69.3 Å². The zero-order valence-corrected chi connectivity index (χ0v) is 7.44. The summed E-state index contributed by atoms with van der Waals surface area (Å²) in [6.07, 6.45) is 6.62. The second-order valence-corrected chi connectivity index (χ2v) is 3.28. The minimum atomic E-state index is 0.777. The van der Waals surface area contributed by atoms with Crippen molar-refractivity contribution < 1.29 is 4.74 Å². The quantitative estimate of drug-likeness (QED) is 0.625. The summed E-state index contributed by atoms with van der Waals surface area (Å²) in [7, 11) is 1.77. The number of ether oxygens (including phenoxy) is 1. The van der Waals surface area contributed by atoms with E-state index in [1.807, 2.05) is 0 Å². The summed E-state index contributed by atoms with van der Waals surface area (Å²) in [4.78, 5) is 0. The molecule has 0 aromatic carbocycles. The van der Waals surface area contributed by atoms with Gasteiger partial charge in [0.15, 0.2) is 0 Å². The van der Waals surface area contributed by atoms with E-state index in [2.05, 4.69) is 5.32 Å². The fraction of sp³-hybridized carbons (Fsp3) is 1.00. The summed E-state index contributed by atoms with van der Waals surface area (Å²) in [5, 5.41) is 3.52. The Balaban J connectivity index is 1.96. The van der Waals surface area contributed by atoms with E-state index >= 15 is 0 Å². The number of methoxy groups -OCH3 is 1. The molecule has 0 aliphatic carbocycles. The highest BCUT2D eigenvalue weighted by Gasteiger charge is 2.10. The number of piperidine rings is 1. The van der Waals surface area contributed by atoms with Gasteiger partial charge in [-0.25, -0.2) is 0 Å². The summed E-state index contributed by atoms with van der Waals surface area (Å²) < 4.78 is 5.01. The highest BCUT2D eigenvalue weighted by atomic mass is 16.5. The van der Waals surface area contributed by atoms with Gasteiger partial charge in [0.05, 0.1) is 0 Å². The second kappa shape index (κ2) is 5.56. The van der Waals surface area contributed by atoms with Crippen molar-refractivity contribution in [3.05, 3.63) is 0 Å². The van der Waals surface area contributed by atoms with Crippen molar-refractivity contribution in [3.8, 4) is 0 Å². The van der Waals surface area contributed by atoms with Gasteiger partial charge in [0.1, 0.15) is 0 Å². The molecule has 1 saturated heterocycles. The summed E-state index contributed by atoms with van der Waals surface area (Å²) in [6, 6.07) is 0.777. The SMILES string of the molecule is COCCC[C@H]1CCCCN1. The van der Waals surface area contributed by atoms with E-state index in [9.17, 15) is 0 Å². The molecule has 1 aliphatic rings. The molecule has 0 unspecified atom stereocenters. The normalized spacial score (nSPS) is 25.4. The zero-order chi connectivity index (χ0) is 7.94. The topological polar surface area (TPSA) is 21.3 Å². The van der Waals surface area contributed by atoms with Gasteiger partial charge in [-0.2, -0.15) is 0 Å². The lowest BCUT2D eigenvalue weighted by Crippen LogP contribution is -2.33. The van der Waals surface area contributed by atoms with Crippen LogP contribution in [0.2, 0.25) is 0 Å². The largest absolute Gasteiger partial charge is 0.385 e. The van der Waals surface area contributed by atoms with E-state index in [1.165, 1.54) is 38.6 Å². The van der Waals surface area contributed by atoms with Gasteiger partial charge in [0.25, 0.3) is 0 Å². The van der Waals surface area contributed by atoms with E-state index in [0.717, 1.165) is 12.6 Å². The van der Waals surface area contributed by atoms with E-state index in [4.69, 9.17) is 4.74 Å². The van der Waals surface area contributed by atoms with Gasteiger partial charge in [0.2, 0.25) is 0 Å². The number of hydrogen-bond donors (Lipinski definition) is 1. The van der Waals surface area contributed by atoms with Crippen molar-refractivity contribution >= 4 is 0 Å². The predicted octanol–water partition coefficient (Wildman–Crippen LogP) is 1.56. The van der Waals surface area contributed by atoms with Gasteiger partial charge in [-0.05, 0) is 32.2 Å². The van der Waals surface area contributed by atoms with Crippen LogP contribution in [0.25, 0.3) is 0 Å². The number of hydrogen-bond acceptors (Lipinski definition) is 2. The molecule has 1 heterocycles. The Morgan fingerprint density at radius 3 is 3.00 bits per heavy atom. The van der Waals surface area contributed by atoms with Gasteiger partial charge in [-0.15, -0.1) is 0 Å². The van der Waals surface area contributed by atoms with Gasteiger partial charge in [-0.1, -0.05) is 6.42 Å². The third-order valence-corrected chi connectivity index (χ3v) is 2.31. The molecular weight excluding hydrogens is 138 g/mol. The van der Waals surface area contributed by atoms with E-state index in [0.29, 0.717) is 0 Å². The molecule has 0 aromatic heterocycles. The fourth-order valence-corrected chi connectivity index (χ4v) is 1.64. The molecule has 1 fully saturated rings. The standard InChI is InChI=1S/C9H19NO/c1-11-8-4-6-9-5-2-3-7-10-9/h9-10H,2-8H2,1H3/t9-/m1/s1. The Morgan fingerprint density at radius 1 is 1.45 bits per heavy atom. The first-order valence-electron chi connectivity index (χ1n) is 4.66. The van der Waals surface area contributed by atoms with Crippen LogP contribution in [0.4, 0.5) is 0 Å². The lowest BCUT2D eigenvalue weighted by molar-refractivity contribution is 0.186. The van der Waals surface area contributed by atoms with Gasteiger partial charge >= 0.3 is 0 Å². The van der Waals surface area contributed by atoms with Crippen LogP contribution in [0.3, 0.4) is 0 Å². The van der Waals surface area contributed by atoms with E-state index < -0.39 is 0 Å². The van der Waals surface area contributed by atoms with Gasteiger partial charge in [-0.3, -0.25) is 0 Å². The molecule has 1 atom stereocenters. The van der Waals surface area contributed by atoms with Crippen LogP contribution in [-0.2, 0) is 4.74 Å². The van der Waals surface area contributed by atoms with Crippen LogP contribution in [0, 0.1) is 0 Å². The number of nitrogens with one attached hydrogen (secondary N) is 1. The first-order chi connectivity index (χ1) is 5.43. The van der Waals surface area contributed by atoms with Crippen LogP contribution < -0.4 is 5.32 Å².